The summed E-state index contributed by atoms with van der Waals surface area (Å²) in [6.45, 7) is 3.59. The van der Waals surface area contributed by atoms with E-state index in [9.17, 15) is 22.8 Å². The topological polar surface area (TPSA) is 122 Å². The minimum atomic E-state index is -4.59. The maximum Gasteiger partial charge on any atom is 0.416 e. The maximum atomic E-state index is 13.3. The van der Waals surface area contributed by atoms with Crippen LogP contribution < -0.4 is 20.1 Å². The van der Waals surface area contributed by atoms with E-state index in [0.717, 1.165) is 25.2 Å². The van der Waals surface area contributed by atoms with E-state index >= 15 is 0 Å². The van der Waals surface area contributed by atoms with Crippen molar-refractivity contribution in [3.63, 3.8) is 0 Å². The van der Waals surface area contributed by atoms with Gasteiger partial charge in [0.05, 0.1) is 24.5 Å². The zero-order valence-electron chi connectivity index (χ0n) is 21.2. The summed E-state index contributed by atoms with van der Waals surface area (Å²) in [7, 11) is 0. The van der Waals surface area contributed by atoms with Crippen molar-refractivity contribution in [3.05, 3.63) is 77.6 Å². The van der Waals surface area contributed by atoms with E-state index in [2.05, 4.69) is 20.5 Å². The van der Waals surface area contributed by atoms with Crippen LogP contribution in [0.5, 0.6) is 17.2 Å². The third-order valence-corrected chi connectivity index (χ3v) is 5.89. The average molecular weight is 561 g/mol. The lowest BCUT2D eigenvalue weighted by Gasteiger charge is -2.26. The molecule has 0 spiro atoms. The molecule has 0 radical (unpaired) electrons. The molecule has 3 aromatic rings. The number of pyridine rings is 1. The number of nitrogens with one attached hydrogen (secondary N) is 2. The zero-order chi connectivity index (χ0) is 28.5. The molecule has 1 aromatic heterocycles. The molecule has 2 amide bonds. The van der Waals surface area contributed by atoms with Gasteiger partial charge in [-0.15, -0.1) is 0 Å². The van der Waals surface area contributed by atoms with Crippen LogP contribution in [0.4, 0.5) is 23.7 Å². The number of rotatable bonds is 10. The van der Waals surface area contributed by atoms with Crippen LogP contribution in [0, 0.1) is 0 Å². The molecule has 13 heteroatoms. The number of benzene rings is 2. The molecule has 1 aliphatic rings. The molecule has 4 rings (SSSR count). The van der Waals surface area contributed by atoms with Gasteiger partial charge >= 0.3 is 18.2 Å². The normalized spacial score (nSPS) is 13.9. The highest BCUT2D eigenvalue weighted by molar-refractivity contribution is 5.91. The van der Waals surface area contributed by atoms with E-state index in [1.165, 1.54) is 24.4 Å². The van der Waals surface area contributed by atoms with Crippen molar-refractivity contribution in [1.29, 1.82) is 0 Å². The number of urea groups is 1. The second kappa shape index (κ2) is 13.1. The van der Waals surface area contributed by atoms with Gasteiger partial charge in [0, 0.05) is 38.4 Å². The lowest BCUT2D eigenvalue weighted by molar-refractivity contribution is -0.137. The Hall–Kier alpha value is -4.36. The van der Waals surface area contributed by atoms with Crippen LogP contribution in [0.3, 0.4) is 0 Å². The molecule has 3 N–H and O–H groups in total. The lowest BCUT2D eigenvalue weighted by atomic mass is 10.1. The van der Waals surface area contributed by atoms with E-state index < -0.39 is 23.7 Å². The van der Waals surface area contributed by atoms with Crippen molar-refractivity contribution in [1.82, 2.24) is 15.2 Å². The van der Waals surface area contributed by atoms with Crippen molar-refractivity contribution >= 4 is 17.7 Å². The fourth-order valence-corrected chi connectivity index (χ4v) is 3.79. The molecule has 0 bridgehead atoms. The predicted octanol–water partition coefficient (Wildman–Crippen LogP) is 4.62. The number of carbonyl (C=O) groups excluding carboxylic acids is 1. The van der Waals surface area contributed by atoms with Crippen LogP contribution in [0.1, 0.15) is 21.6 Å². The number of carboxylic acids is 1. The summed E-state index contributed by atoms with van der Waals surface area (Å²) in [5, 5.41) is 14.1. The van der Waals surface area contributed by atoms with E-state index in [4.69, 9.17) is 19.3 Å². The number of morpholine rings is 1. The fraction of sp³-hybridized carbons (Fsp3) is 0.296. The van der Waals surface area contributed by atoms with Crippen LogP contribution >= 0.6 is 0 Å². The Kier molecular flexibility index (Phi) is 9.40. The number of carbonyl (C=O) groups is 2. The van der Waals surface area contributed by atoms with Crippen LogP contribution in [0.15, 0.2) is 60.8 Å². The first-order chi connectivity index (χ1) is 19.2. The predicted molar refractivity (Wildman–Crippen MR) is 138 cm³/mol. The number of aromatic nitrogens is 1. The van der Waals surface area contributed by atoms with Crippen molar-refractivity contribution in [3.8, 4) is 17.2 Å². The van der Waals surface area contributed by atoms with Crippen LogP contribution in [-0.2, 0) is 17.5 Å². The highest BCUT2D eigenvalue weighted by Gasteiger charge is 2.31. The average Bonchev–Trinajstić information content (AvgIpc) is 2.93. The lowest BCUT2D eigenvalue weighted by Crippen LogP contribution is -2.38. The van der Waals surface area contributed by atoms with Crippen LogP contribution in [0.25, 0.3) is 0 Å². The molecule has 0 atom stereocenters. The van der Waals surface area contributed by atoms with E-state index in [1.54, 1.807) is 24.3 Å². The molecule has 0 unspecified atom stereocenters. The van der Waals surface area contributed by atoms with Gasteiger partial charge in [-0.1, -0.05) is 12.1 Å². The zero-order valence-corrected chi connectivity index (χ0v) is 21.2. The number of ether oxygens (including phenoxy) is 3. The number of amides is 2. The molecule has 2 heterocycles. The Morgan fingerprint density at radius 3 is 2.48 bits per heavy atom. The van der Waals surface area contributed by atoms with Crippen LogP contribution in [0.2, 0.25) is 0 Å². The number of halogens is 3. The summed E-state index contributed by atoms with van der Waals surface area (Å²) in [5.74, 6) is -0.331. The summed E-state index contributed by atoms with van der Waals surface area (Å²) < 4.78 is 56.5. The highest BCUT2D eigenvalue weighted by atomic mass is 19.4. The summed E-state index contributed by atoms with van der Waals surface area (Å²) in [6.07, 6.45) is -3.27. The molecular formula is C27H27F3N4O6. The maximum absolute atomic E-state index is 13.3. The molecular weight excluding hydrogens is 533 g/mol. The first-order valence-electron chi connectivity index (χ1n) is 12.3. The van der Waals surface area contributed by atoms with Crippen LogP contribution in [-0.4, -0.2) is 66.4 Å². The molecule has 1 saturated heterocycles. The van der Waals surface area contributed by atoms with Crippen molar-refractivity contribution in [2.75, 3.05) is 44.8 Å². The smallest absolute Gasteiger partial charge is 0.416 e. The largest absolute Gasteiger partial charge is 0.490 e. The Morgan fingerprint density at radius 1 is 1.02 bits per heavy atom. The second-order valence-electron chi connectivity index (χ2n) is 8.75. The first kappa shape index (κ1) is 28.6. The molecule has 2 aromatic carbocycles. The number of hydrogen-bond acceptors (Lipinski definition) is 7. The van der Waals surface area contributed by atoms with Gasteiger partial charge in [0.15, 0.2) is 5.69 Å². The van der Waals surface area contributed by atoms with Gasteiger partial charge in [0.25, 0.3) is 0 Å². The minimum absolute atomic E-state index is 0.0801. The van der Waals surface area contributed by atoms with Crippen molar-refractivity contribution in [2.45, 2.75) is 12.7 Å². The summed E-state index contributed by atoms with van der Waals surface area (Å²) in [4.78, 5) is 29.5. The van der Waals surface area contributed by atoms with Crippen molar-refractivity contribution in [2.24, 2.45) is 0 Å². The third-order valence-electron chi connectivity index (χ3n) is 5.89. The Morgan fingerprint density at radius 2 is 1.77 bits per heavy atom. The highest BCUT2D eigenvalue weighted by Crippen LogP contribution is 2.35. The number of aromatic carboxylic acids is 1. The second-order valence-corrected chi connectivity index (χ2v) is 8.75. The van der Waals surface area contributed by atoms with Gasteiger partial charge in [-0.2, -0.15) is 13.2 Å². The van der Waals surface area contributed by atoms with Gasteiger partial charge in [-0.3, -0.25) is 4.90 Å². The molecule has 1 aliphatic heterocycles. The molecule has 0 saturated carbocycles. The molecule has 212 valence electrons. The molecule has 0 aliphatic carbocycles. The Bertz CT molecular complexity index is 1310. The standard InChI is InChI=1S/C27H27F3N4O6/c28-27(29,30)19-3-6-24(39-14-11-34-9-12-38-13-10-34)22(15-19)33-26(37)32-17-18-1-4-20(5-2-18)40-21-7-8-31-23(16-21)25(35)36/h1-8,15-16H,9-14,17H2,(H,35,36)(H2,32,33,37). The molecule has 40 heavy (non-hydrogen) atoms. The van der Waals surface area contributed by atoms with Gasteiger partial charge in [-0.05, 0) is 42.0 Å². The van der Waals surface area contributed by atoms with E-state index in [-0.39, 0.29) is 30.3 Å². The number of hydrogen-bond donors (Lipinski definition) is 3. The first-order valence-corrected chi connectivity index (χ1v) is 12.3. The Balaban J connectivity index is 1.33. The SMILES string of the molecule is O=C(NCc1ccc(Oc2ccnc(C(=O)O)c2)cc1)Nc1cc(C(F)(F)F)ccc1OCCN1CCOCC1. The summed E-state index contributed by atoms with van der Waals surface area (Å²) >= 11 is 0. The van der Waals surface area contributed by atoms with Gasteiger partial charge in [0.2, 0.25) is 0 Å². The number of nitrogens with zero attached hydrogens (tertiary/aromatic N) is 2. The summed E-state index contributed by atoms with van der Waals surface area (Å²) in [5.41, 5.74) is -0.482. The third kappa shape index (κ3) is 8.32. The quantitative estimate of drug-likeness (QED) is 0.328. The van der Waals surface area contributed by atoms with E-state index in [1.807, 2.05) is 0 Å². The van der Waals surface area contributed by atoms with Gasteiger partial charge in [0.1, 0.15) is 23.9 Å². The number of carboxylic acid groups (broad SMARTS) is 1. The fourth-order valence-electron chi connectivity index (χ4n) is 3.79. The van der Waals surface area contributed by atoms with E-state index in [0.29, 0.717) is 36.8 Å². The minimum Gasteiger partial charge on any atom is -0.490 e. The number of alkyl halides is 3. The van der Waals surface area contributed by atoms with Crippen molar-refractivity contribution < 1.29 is 42.1 Å². The van der Waals surface area contributed by atoms with Gasteiger partial charge < -0.3 is 30.0 Å². The molecule has 1 fully saturated rings. The van der Waals surface area contributed by atoms with Gasteiger partial charge in [-0.25, -0.2) is 14.6 Å². The summed E-state index contributed by atoms with van der Waals surface area (Å²) in [6, 6.07) is 11.6. The monoisotopic (exact) mass is 560 g/mol. The Labute approximate surface area is 227 Å². The number of anilines is 1. The molecule has 10 nitrogen and oxygen atoms in total.